The van der Waals surface area contributed by atoms with Gasteiger partial charge < -0.3 is 14.8 Å². The summed E-state index contributed by atoms with van der Waals surface area (Å²) in [7, 11) is -1.05. The van der Waals surface area contributed by atoms with Crippen molar-refractivity contribution in [1.29, 1.82) is 0 Å². The fourth-order valence-corrected chi connectivity index (χ4v) is 5.30. The molecule has 0 saturated carbocycles. The summed E-state index contributed by atoms with van der Waals surface area (Å²) in [6.45, 7) is -0.531. The molecule has 11 heteroatoms. The highest BCUT2D eigenvalue weighted by atomic mass is 35.5. The maximum atomic E-state index is 13.4. The number of benzene rings is 3. The summed E-state index contributed by atoms with van der Waals surface area (Å²) in [6.07, 6.45) is 0. The normalized spacial score (nSPS) is 11.4. The van der Waals surface area contributed by atoms with E-state index in [4.69, 9.17) is 44.3 Å². The number of sulfonamides is 1. The van der Waals surface area contributed by atoms with Crippen molar-refractivity contribution in [3.8, 4) is 11.5 Å². The number of hydrogen-bond donors (Lipinski definition) is 1. The molecule has 0 radical (unpaired) electrons. The predicted molar refractivity (Wildman–Crippen MR) is 137 cm³/mol. The van der Waals surface area contributed by atoms with E-state index in [-0.39, 0.29) is 23.0 Å². The molecule has 0 heterocycles. The Kier molecular flexibility index (Phi) is 9.27. The third-order valence-electron chi connectivity index (χ3n) is 5.13. The summed E-state index contributed by atoms with van der Waals surface area (Å²) in [5.41, 5.74) is 1.12. The van der Waals surface area contributed by atoms with Gasteiger partial charge in [0.15, 0.2) is 0 Å². The molecule has 0 saturated heterocycles. The van der Waals surface area contributed by atoms with Gasteiger partial charge in [0.1, 0.15) is 11.5 Å². The minimum Gasteiger partial charge on any atom is -0.496 e. The molecule has 0 aliphatic rings. The first kappa shape index (κ1) is 27.1. The number of carbonyl (C=O) groups is 1. The van der Waals surface area contributed by atoms with Crippen LogP contribution in [-0.2, 0) is 27.9 Å². The number of hydrogen-bond acceptors (Lipinski definition) is 5. The maximum absolute atomic E-state index is 13.4. The number of methoxy groups -OCH3 is 2. The highest BCUT2D eigenvalue weighted by molar-refractivity contribution is 7.89. The lowest BCUT2D eigenvalue weighted by Gasteiger charge is -2.23. The number of carbonyl (C=O) groups excluding carboxylic acids is 1. The average molecular weight is 558 g/mol. The SMILES string of the molecule is COc1cccc(OC)c1CNC(=O)CN(Cc1ccc(Cl)cc1Cl)S(=O)(=O)c1ccc(Cl)cc1. The number of amides is 1. The standard InChI is InChI=1S/C24H23Cl3N2O5S/c1-33-22-4-3-5-23(34-2)20(22)13-28-24(30)15-29(14-16-6-7-18(26)12-21(16)27)35(31,32)19-10-8-17(25)9-11-19/h3-12H,13-15H2,1-2H3,(H,28,30). The van der Waals surface area contributed by atoms with E-state index in [9.17, 15) is 13.2 Å². The van der Waals surface area contributed by atoms with Crippen LogP contribution in [0, 0.1) is 0 Å². The van der Waals surface area contributed by atoms with Crippen LogP contribution in [-0.4, -0.2) is 39.4 Å². The van der Waals surface area contributed by atoms with Crippen LogP contribution in [0.1, 0.15) is 11.1 Å². The van der Waals surface area contributed by atoms with Crippen LogP contribution in [0.15, 0.2) is 65.6 Å². The van der Waals surface area contributed by atoms with Gasteiger partial charge in [0.25, 0.3) is 0 Å². The van der Waals surface area contributed by atoms with Gasteiger partial charge in [-0.25, -0.2) is 8.42 Å². The molecule has 0 spiro atoms. The zero-order valence-corrected chi connectivity index (χ0v) is 22.0. The lowest BCUT2D eigenvalue weighted by atomic mass is 10.1. The topological polar surface area (TPSA) is 84.9 Å². The van der Waals surface area contributed by atoms with Gasteiger partial charge in [-0.05, 0) is 54.1 Å². The van der Waals surface area contributed by atoms with Crippen molar-refractivity contribution in [2.24, 2.45) is 0 Å². The molecule has 0 fully saturated rings. The first-order chi connectivity index (χ1) is 16.6. The molecule has 186 valence electrons. The van der Waals surface area contributed by atoms with Gasteiger partial charge in [-0.3, -0.25) is 4.79 Å². The van der Waals surface area contributed by atoms with Crippen LogP contribution < -0.4 is 14.8 Å². The van der Waals surface area contributed by atoms with E-state index in [0.717, 1.165) is 4.31 Å². The van der Waals surface area contributed by atoms with Crippen LogP contribution >= 0.6 is 34.8 Å². The first-order valence-corrected chi connectivity index (χ1v) is 12.9. The fraction of sp³-hybridized carbons (Fsp3) is 0.208. The second-order valence-corrected chi connectivity index (χ2v) is 10.6. The van der Waals surface area contributed by atoms with E-state index >= 15 is 0 Å². The van der Waals surface area contributed by atoms with Gasteiger partial charge in [-0.15, -0.1) is 0 Å². The molecule has 1 N–H and O–H groups in total. The van der Waals surface area contributed by atoms with Crippen molar-refractivity contribution >= 4 is 50.7 Å². The number of halogens is 3. The molecule has 3 aromatic carbocycles. The van der Waals surface area contributed by atoms with Crippen molar-refractivity contribution < 1.29 is 22.7 Å². The van der Waals surface area contributed by atoms with E-state index in [1.807, 2.05) is 0 Å². The van der Waals surface area contributed by atoms with Crippen LogP contribution in [0.2, 0.25) is 15.1 Å². The highest BCUT2D eigenvalue weighted by Gasteiger charge is 2.28. The van der Waals surface area contributed by atoms with Gasteiger partial charge in [0.05, 0.1) is 37.8 Å². The quantitative estimate of drug-likeness (QED) is 0.372. The molecule has 0 atom stereocenters. The second kappa shape index (κ2) is 12.0. The molecule has 0 aliphatic carbocycles. The zero-order chi connectivity index (χ0) is 25.6. The smallest absolute Gasteiger partial charge is 0.243 e. The molecule has 7 nitrogen and oxygen atoms in total. The van der Waals surface area contributed by atoms with Gasteiger partial charge in [0.2, 0.25) is 15.9 Å². The summed E-state index contributed by atoms with van der Waals surface area (Å²) >= 11 is 18.2. The molecule has 35 heavy (non-hydrogen) atoms. The fourth-order valence-electron chi connectivity index (χ4n) is 3.33. The van der Waals surface area contributed by atoms with Crippen LogP contribution in [0.3, 0.4) is 0 Å². The Balaban J connectivity index is 1.86. The van der Waals surface area contributed by atoms with E-state index < -0.39 is 22.5 Å². The van der Waals surface area contributed by atoms with Crippen LogP contribution in [0.4, 0.5) is 0 Å². The third-order valence-corrected chi connectivity index (χ3v) is 7.77. The number of nitrogens with one attached hydrogen (secondary N) is 1. The lowest BCUT2D eigenvalue weighted by Crippen LogP contribution is -2.40. The highest BCUT2D eigenvalue weighted by Crippen LogP contribution is 2.28. The minimum atomic E-state index is -4.07. The number of nitrogens with zero attached hydrogens (tertiary/aromatic N) is 1. The van der Waals surface area contributed by atoms with Gasteiger partial charge in [0, 0.05) is 21.6 Å². The van der Waals surface area contributed by atoms with E-state index in [0.29, 0.717) is 32.7 Å². The molecule has 1 amide bonds. The summed E-state index contributed by atoms with van der Waals surface area (Å²) in [5.74, 6) is 0.534. The summed E-state index contributed by atoms with van der Waals surface area (Å²) in [4.78, 5) is 12.9. The maximum Gasteiger partial charge on any atom is 0.243 e. The zero-order valence-electron chi connectivity index (χ0n) is 18.9. The van der Waals surface area contributed by atoms with Gasteiger partial charge in [-0.2, -0.15) is 4.31 Å². The molecule has 3 aromatic rings. The largest absolute Gasteiger partial charge is 0.496 e. The molecule has 0 aliphatic heterocycles. The Morgan fingerprint density at radius 1 is 0.914 bits per heavy atom. The van der Waals surface area contributed by atoms with Crippen molar-refractivity contribution in [2.45, 2.75) is 18.0 Å². The molecule has 0 bridgehead atoms. The van der Waals surface area contributed by atoms with Gasteiger partial charge in [-0.1, -0.05) is 46.9 Å². The Morgan fingerprint density at radius 2 is 1.51 bits per heavy atom. The lowest BCUT2D eigenvalue weighted by molar-refractivity contribution is -0.121. The Hall–Kier alpha value is -2.49. The van der Waals surface area contributed by atoms with Crippen molar-refractivity contribution in [2.75, 3.05) is 20.8 Å². The molecule has 0 aromatic heterocycles. The van der Waals surface area contributed by atoms with E-state index in [2.05, 4.69) is 5.32 Å². The van der Waals surface area contributed by atoms with Crippen molar-refractivity contribution in [3.05, 3.63) is 86.9 Å². The molecule has 0 unspecified atom stereocenters. The van der Waals surface area contributed by atoms with Crippen molar-refractivity contribution in [1.82, 2.24) is 9.62 Å². The Morgan fingerprint density at radius 3 is 2.09 bits per heavy atom. The Bertz CT molecular complexity index is 1280. The summed E-state index contributed by atoms with van der Waals surface area (Å²) in [5, 5.41) is 3.83. The minimum absolute atomic E-state index is 0.00816. The van der Waals surface area contributed by atoms with Crippen LogP contribution in [0.5, 0.6) is 11.5 Å². The third kappa shape index (κ3) is 6.80. The first-order valence-electron chi connectivity index (χ1n) is 10.3. The summed E-state index contributed by atoms with van der Waals surface area (Å²) < 4.78 is 38.6. The van der Waals surface area contributed by atoms with E-state index in [1.54, 1.807) is 30.3 Å². The average Bonchev–Trinajstić information content (AvgIpc) is 2.83. The summed E-state index contributed by atoms with van der Waals surface area (Å²) in [6, 6.07) is 15.7. The molecule has 3 rings (SSSR count). The van der Waals surface area contributed by atoms with Crippen molar-refractivity contribution in [3.63, 3.8) is 0 Å². The van der Waals surface area contributed by atoms with Crippen LogP contribution in [0.25, 0.3) is 0 Å². The second-order valence-electron chi connectivity index (χ2n) is 7.38. The molecular weight excluding hydrogens is 535 g/mol. The van der Waals surface area contributed by atoms with Gasteiger partial charge >= 0.3 is 0 Å². The Labute approximate surface area is 219 Å². The number of rotatable bonds is 10. The predicted octanol–water partition coefficient (Wildman–Crippen LogP) is 5.17. The van der Waals surface area contributed by atoms with E-state index in [1.165, 1.54) is 44.6 Å². The number of ether oxygens (including phenoxy) is 2. The monoisotopic (exact) mass is 556 g/mol. The molecular formula is C24H23Cl3N2O5S.